The lowest BCUT2D eigenvalue weighted by Crippen LogP contribution is -2.05. The Kier molecular flexibility index (Phi) is 3.26. The van der Waals surface area contributed by atoms with E-state index in [1.807, 2.05) is 0 Å². The lowest BCUT2D eigenvalue weighted by Gasteiger charge is -2.10. The zero-order chi connectivity index (χ0) is 14.2. The molecule has 0 radical (unpaired) electrons. The number of halogens is 6. The standard InChI is InChI=1S/C13H6F6/c14-9-5-10(15)12(11(16)6-9)7-2-1-3-8(4-7)13(17,18)19/h1-6H. The summed E-state index contributed by atoms with van der Waals surface area (Å²) in [7, 11) is 0. The molecule has 0 aromatic heterocycles. The smallest absolute Gasteiger partial charge is 0.207 e. The largest absolute Gasteiger partial charge is 0.416 e. The predicted molar refractivity (Wildman–Crippen MR) is 56.8 cm³/mol. The van der Waals surface area contributed by atoms with E-state index >= 15 is 0 Å². The molecule has 0 N–H and O–H groups in total. The van der Waals surface area contributed by atoms with Crippen molar-refractivity contribution < 1.29 is 26.3 Å². The van der Waals surface area contributed by atoms with Gasteiger partial charge in [0.25, 0.3) is 0 Å². The average Bonchev–Trinajstić information content (AvgIpc) is 2.26. The Morgan fingerprint density at radius 2 is 1.37 bits per heavy atom. The Labute approximate surface area is 104 Å². The Morgan fingerprint density at radius 1 is 0.789 bits per heavy atom. The summed E-state index contributed by atoms with van der Waals surface area (Å²) in [5.41, 5.74) is -2.02. The summed E-state index contributed by atoms with van der Waals surface area (Å²) in [6.07, 6.45) is -4.62. The van der Waals surface area contributed by atoms with Crippen LogP contribution in [-0.4, -0.2) is 0 Å². The van der Waals surface area contributed by atoms with Gasteiger partial charge in [-0.05, 0) is 17.7 Å². The van der Waals surface area contributed by atoms with Crippen LogP contribution in [0.1, 0.15) is 5.56 Å². The van der Waals surface area contributed by atoms with E-state index in [0.29, 0.717) is 18.2 Å². The number of rotatable bonds is 1. The van der Waals surface area contributed by atoms with Crippen molar-refractivity contribution in [2.75, 3.05) is 0 Å². The maximum absolute atomic E-state index is 13.5. The normalized spacial score (nSPS) is 11.7. The van der Waals surface area contributed by atoms with E-state index in [1.165, 1.54) is 0 Å². The summed E-state index contributed by atoms with van der Waals surface area (Å²) in [6.45, 7) is 0. The minimum atomic E-state index is -4.62. The molecule has 0 aliphatic heterocycles. The quantitative estimate of drug-likeness (QED) is 0.657. The van der Waals surface area contributed by atoms with Crippen molar-refractivity contribution in [3.63, 3.8) is 0 Å². The number of hydrogen-bond acceptors (Lipinski definition) is 0. The van der Waals surface area contributed by atoms with E-state index in [-0.39, 0.29) is 5.56 Å². The first kappa shape index (κ1) is 13.5. The van der Waals surface area contributed by atoms with Crippen molar-refractivity contribution in [1.29, 1.82) is 0 Å². The first-order valence-corrected chi connectivity index (χ1v) is 5.11. The van der Waals surface area contributed by atoms with Crippen LogP contribution in [0.15, 0.2) is 36.4 Å². The van der Waals surface area contributed by atoms with E-state index in [1.54, 1.807) is 0 Å². The molecule has 0 heterocycles. The van der Waals surface area contributed by atoms with E-state index in [0.717, 1.165) is 18.2 Å². The monoisotopic (exact) mass is 276 g/mol. The SMILES string of the molecule is Fc1cc(F)c(-c2cccc(C(F)(F)F)c2)c(F)c1. The van der Waals surface area contributed by atoms with Gasteiger partial charge in [-0.3, -0.25) is 0 Å². The van der Waals surface area contributed by atoms with Crippen LogP contribution in [0.4, 0.5) is 26.3 Å². The Balaban J connectivity index is 2.60. The highest BCUT2D eigenvalue weighted by Gasteiger charge is 2.30. The van der Waals surface area contributed by atoms with Gasteiger partial charge >= 0.3 is 6.18 Å². The van der Waals surface area contributed by atoms with Gasteiger partial charge in [-0.25, -0.2) is 13.2 Å². The van der Waals surface area contributed by atoms with Gasteiger partial charge in [0.15, 0.2) is 0 Å². The van der Waals surface area contributed by atoms with Crippen molar-refractivity contribution in [1.82, 2.24) is 0 Å². The van der Waals surface area contributed by atoms with Crippen molar-refractivity contribution in [3.8, 4) is 11.1 Å². The minimum absolute atomic E-state index is 0.301. The van der Waals surface area contributed by atoms with E-state index in [2.05, 4.69) is 0 Å². The van der Waals surface area contributed by atoms with E-state index in [4.69, 9.17) is 0 Å². The molecule has 0 aliphatic rings. The molecule has 0 saturated heterocycles. The predicted octanol–water partition coefficient (Wildman–Crippen LogP) is 4.79. The molecule has 6 heteroatoms. The van der Waals surface area contributed by atoms with Crippen LogP contribution < -0.4 is 0 Å². The second-order valence-corrected chi connectivity index (χ2v) is 3.82. The van der Waals surface area contributed by atoms with Crippen molar-refractivity contribution in [3.05, 3.63) is 59.4 Å². The molecule has 0 atom stereocenters. The molecule has 0 aliphatic carbocycles. The molecule has 2 aromatic rings. The summed E-state index contributed by atoms with van der Waals surface area (Å²) >= 11 is 0. The summed E-state index contributed by atoms with van der Waals surface area (Å²) in [4.78, 5) is 0. The molecule has 0 bridgehead atoms. The highest BCUT2D eigenvalue weighted by atomic mass is 19.4. The summed E-state index contributed by atoms with van der Waals surface area (Å²) < 4.78 is 77.2. The molecule has 2 aromatic carbocycles. The molecule has 0 fully saturated rings. The lowest BCUT2D eigenvalue weighted by molar-refractivity contribution is -0.137. The molecule has 19 heavy (non-hydrogen) atoms. The molecule has 0 saturated carbocycles. The van der Waals surface area contributed by atoms with Gasteiger partial charge in [-0.1, -0.05) is 12.1 Å². The Hall–Kier alpha value is -1.98. The van der Waals surface area contributed by atoms with Crippen LogP contribution in [0.3, 0.4) is 0 Å². The molecule has 0 nitrogen and oxygen atoms in total. The summed E-state index contributed by atoms with van der Waals surface area (Å²) in [6, 6.07) is 4.37. The fourth-order valence-electron chi connectivity index (χ4n) is 1.67. The molecule has 2 rings (SSSR count). The van der Waals surface area contributed by atoms with Gasteiger partial charge < -0.3 is 0 Å². The zero-order valence-electron chi connectivity index (χ0n) is 9.23. The summed E-state index contributed by atoms with van der Waals surface area (Å²) in [5, 5.41) is 0. The topological polar surface area (TPSA) is 0 Å². The molecular weight excluding hydrogens is 270 g/mol. The van der Waals surface area contributed by atoms with Gasteiger partial charge in [-0.2, -0.15) is 13.2 Å². The van der Waals surface area contributed by atoms with Crippen molar-refractivity contribution in [2.24, 2.45) is 0 Å². The van der Waals surface area contributed by atoms with Crippen LogP contribution >= 0.6 is 0 Å². The maximum atomic E-state index is 13.5. The molecule has 0 amide bonds. The number of benzene rings is 2. The third-order valence-corrected chi connectivity index (χ3v) is 2.49. The van der Waals surface area contributed by atoms with Gasteiger partial charge in [0, 0.05) is 12.1 Å². The Bertz CT molecular complexity index is 592. The number of alkyl halides is 3. The van der Waals surface area contributed by atoms with E-state index < -0.39 is 34.8 Å². The summed E-state index contributed by atoms with van der Waals surface area (Å²) in [5.74, 6) is -3.64. The zero-order valence-corrected chi connectivity index (χ0v) is 9.23. The fourth-order valence-corrected chi connectivity index (χ4v) is 1.67. The maximum Gasteiger partial charge on any atom is 0.416 e. The van der Waals surface area contributed by atoms with Crippen LogP contribution in [0.2, 0.25) is 0 Å². The van der Waals surface area contributed by atoms with Crippen molar-refractivity contribution >= 4 is 0 Å². The van der Waals surface area contributed by atoms with Crippen molar-refractivity contribution in [2.45, 2.75) is 6.18 Å². The molecule has 0 spiro atoms. The fraction of sp³-hybridized carbons (Fsp3) is 0.0769. The molecule has 0 unspecified atom stereocenters. The lowest BCUT2D eigenvalue weighted by atomic mass is 10.0. The highest BCUT2D eigenvalue weighted by molar-refractivity contribution is 5.65. The average molecular weight is 276 g/mol. The second-order valence-electron chi connectivity index (χ2n) is 3.82. The second kappa shape index (κ2) is 4.60. The van der Waals surface area contributed by atoms with Crippen LogP contribution in [0.5, 0.6) is 0 Å². The Morgan fingerprint density at radius 3 is 1.89 bits per heavy atom. The van der Waals surface area contributed by atoms with Gasteiger partial charge in [-0.15, -0.1) is 0 Å². The van der Waals surface area contributed by atoms with Gasteiger partial charge in [0.1, 0.15) is 17.5 Å². The molecule has 100 valence electrons. The number of hydrogen-bond donors (Lipinski definition) is 0. The third-order valence-electron chi connectivity index (χ3n) is 2.49. The van der Waals surface area contributed by atoms with Crippen LogP contribution in [0.25, 0.3) is 11.1 Å². The minimum Gasteiger partial charge on any atom is -0.207 e. The molecular formula is C13H6F6. The first-order valence-electron chi connectivity index (χ1n) is 5.11. The van der Waals surface area contributed by atoms with E-state index in [9.17, 15) is 26.3 Å². The first-order chi connectivity index (χ1) is 8.79. The van der Waals surface area contributed by atoms with Crippen LogP contribution in [0, 0.1) is 17.5 Å². The highest BCUT2D eigenvalue weighted by Crippen LogP contribution is 2.34. The van der Waals surface area contributed by atoms with Gasteiger partial charge in [0.05, 0.1) is 11.1 Å². The van der Waals surface area contributed by atoms with Gasteiger partial charge in [0.2, 0.25) is 0 Å². The third kappa shape index (κ3) is 2.72. The van der Waals surface area contributed by atoms with Crippen LogP contribution in [-0.2, 0) is 6.18 Å².